The van der Waals surface area contributed by atoms with E-state index in [-0.39, 0.29) is 28.9 Å². The van der Waals surface area contributed by atoms with Crippen molar-refractivity contribution >= 4 is 40.5 Å². The van der Waals surface area contributed by atoms with Crippen molar-refractivity contribution in [3.05, 3.63) is 75.6 Å². The number of primary amides is 1. The smallest absolute Gasteiger partial charge is 0.284 e. The van der Waals surface area contributed by atoms with Gasteiger partial charge in [0.15, 0.2) is 0 Å². The van der Waals surface area contributed by atoms with Gasteiger partial charge in [-0.25, -0.2) is 9.97 Å². The Labute approximate surface area is 254 Å². The van der Waals surface area contributed by atoms with Crippen molar-refractivity contribution in [1.82, 2.24) is 20.2 Å². The summed E-state index contributed by atoms with van der Waals surface area (Å²) in [5.41, 5.74) is 6.87. The predicted molar refractivity (Wildman–Crippen MR) is 165 cm³/mol. The summed E-state index contributed by atoms with van der Waals surface area (Å²) in [5.74, 6) is 0.0280. The number of rotatable bonds is 9. The maximum atomic E-state index is 12.9. The van der Waals surface area contributed by atoms with E-state index in [4.69, 9.17) is 11.0 Å². The number of likely N-dealkylation sites (tertiary alicyclic amines) is 1. The number of hydrogen-bond donors (Lipinski definition) is 4. The second kappa shape index (κ2) is 13.3. The Morgan fingerprint density at radius 3 is 2.36 bits per heavy atom. The Morgan fingerprint density at radius 1 is 1.00 bits per heavy atom. The molecule has 2 aliphatic heterocycles. The minimum absolute atomic E-state index is 0.0126. The number of benzene rings is 1. The fraction of sp³-hybridized carbons (Fsp3) is 0.367. The molecule has 0 spiro atoms. The van der Waals surface area contributed by atoms with E-state index in [1.165, 1.54) is 18.3 Å². The van der Waals surface area contributed by atoms with Crippen LogP contribution in [0.3, 0.4) is 0 Å². The number of nitriles is 1. The van der Waals surface area contributed by atoms with E-state index < -0.39 is 16.7 Å². The van der Waals surface area contributed by atoms with Gasteiger partial charge in [-0.3, -0.25) is 19.7 Å². The van der Waals surface area contributed by atoms with Crippen LogP contribution in [0.2, 0.25) is 0 Å². The molecule has 228 valence electrons. The number of anilines is 4. The minimum Gasteiger partial charge on any atom is -0.381 e. The highest BCUT2D eigenvalue weighted by Gasteiger charge is 2.26. The van der Waals surface area contributed by atoms with Gasteiger partial charge < -0.3 is 31.5 Å². The molecule has 1 aromatic carbocycles. The number of nitrogens with two attached hydrogens (primary N) is 1. The Morgan fingerprint density at radius 2 is 1.73 bits per heavy atom. The molecule has 0 unspecified atom stereocenters. The van der Waals surface area contributed by atoms with Gasteiger partial charge in [-0.1, -0.05) is 0 Å². The van der Waals surface area contributed by atoms with E-state index in [1.807, 2.05) is 13.1 Å². The number of amides is 2. The van der Waals surface area contributed by atoms with Gasteiger partial charge in [-0.05, 0) is 70.1 Å². The van der Waals surface area contributed by atoms with Crippen molar-refractivity contribution in [2.75, 3.05) is 48.8 Å². The average molecular weight is 599 g/mol. The Balaban J connectivity index is 1.27. The van der Waals surface area contributed by atoms with Gasteiger partial charge in [0.05, 0.1) is 21.7 Å². The molecule has 5 rings (SSSR count). The molecular weight excluding hydrogens is 564 g/mol. The zero-order chi connectivity index (χ0) is 31.2. The lowest BCUT2D eigenvalue weighted by Crippen LogP contribution is -2.43. The zero-order valence-electron chi connectivity index (χ0n) is 24.3. The fourth-order valence-electron chi connectivity index (χ4n) is 5.47. The van der Waals surface area contributed by atoms with E-state index in [1.54, 1.807) is 24.4 Å². The number of hydrogen-bond acceptors (Lipinski definition) is 11. The van der Waals surface area contributed by atoms with E-state index >= 15 is 0 Å². The van der Waals surface area contributed by atoms with Crippen LogP contribution in [0.15, 0.2) is 48.8 Å². The normalized spacial score (nSPS) is 16.1. The molecule has 2 aromatic heterocycles. The first-order valence-electron chi connectivity index (χ1n) is 14.4. The van der Waals surface area contributed by atoms with Crippen molar-refractivity contribution < 1.29 is 14.5 Å². The van der Waals surface area contributed by atoms with Crippen LogP contribution < -0.4 is 26.6 Å². The highest BCUT2D eigenvalue weighted by molar-refractivity contribution is 6.00. The van der Waals surface area contributed by atoms with Crippen LogP contribution in [-0.2, 0) is 0 Å². The molecule has 5 N–H and O–H groups in total. The monoisotopic (exact) mass is 598 g/mol. The summed E-state index contributed by atoms with van der Waals surface area (Å²) in [6, 6.07) is 11.6. The summed E-state index contributed by atoms with van der Waals surface area (Å²) < 4.78 is 0. The highest BCUT2D eigenvalue weighted by atomic mass is 16.6. The molecule has 0 saturated carbocycles. The van der Waals surface area contributed by atoms with Crippen LogP contribution in [0, 0.1) is 21.4 Å². The van der Waals surface area contributed by atoms with Gasteiger partial charge in [0.25, 0.3) is 17.5 Å². The SMILES string of the molecule is CN1CCC(NC(=O)c2ccc(Nc3cc(NC4CCN(c5ccc(C#N)cn5)CC4)c(C(N)=O)cn3)cc2[N+](=O)[O-])CC1. The van der Waals surface area contributed by atoms with Crippen LogP contribution in [0.4, 0.5) is 28.7 Å². The maximum Gasteiger partial charge on any atom is 0.284 e. The number of nitrogens with zero attached hydrogens (tertiary/aromatic N) is 6. The van der Waals surface area contributed by atoms with Gasteiger partial charge >= 0.3 is 0 Å². The van der Waals surface area contributed by atoms with E-state index in [2.05, 4.69) is 41.8 Å². The number of pyridine rings is 2. The zero-order valence-corrected chi connectivity index (χ0v) is 24.3. The number of aromatic nitrogens is 2. The van der Waals surface area contributed by atoms with Gasteiger partial charge in [0.2, 0.25) is 0 Å². The van der Waals surface area contributed by atoms with Gasteiger partial charge in [-0.15, -0.1) is 0 Å². The summed E-state index contributed by atoms with van der Waals surface area (Å²) >= 11 is 0. The minimum atomic E-state index is -0.638. The third kappa shape index (κ3) is 7.19. The fourth-order valence-corrected chi connectivity index (χ4v) is 5.47. The van der Waals surface area contributed by atoms with Crippen LogP contribution in [0.25, 0.3) is 0 Å². The van der Waals surface area contributed by atoms with Crippen molar-refractivity contribution in [1.29, 1.82) is 5.26 Å². The number of piperidine rings is 2. The standard InChI is InChI=1S/C30H34N10O4/c1-38-10-6-21(7-11-38)37-30(42)23-4-3-22(14-26(23)40(43)44)36-27-15-25(24(18-33-27)29(32)41)35-20-8-12-39(13-9-20)28-5-2-19(16-31)17-34-28/h2-5,14-15,17-18,20-21H,6-13H2,1H3,(H2,32,41)(H,37,42)(H2,33,35,36). The number of nitro benzene ring substituents is 1. The van der Waals surface area contributed by atoms with E-state index in [0.29, 0.717) is 22.8 Å². The molecule has 2 saturated heterocycles. The molecule has 0 bridgehead atoms. The molecule has 3 aromatic rings. The molecule has 14 nitrogen and oxygen atoms in total. The van der Waals surface area contributed by atoms with Crippen molar-refractivity contribution in [3.8, 4) is 6.07 Å². The van der Waals surface area contributed by atoms with E-state index in [9.17, 15) is 19.7 Å². The van der Waals surface area contributed by atoms with Crippen LogP contribution in [0.1, 0.15) is 52.0 Å². The van der Waals surface area contributed by atoms with Crippen molar-refractivity contribution in [2.24, 2.45) is 5.73 Å². The quantitative estimate of drug-likeness (QED) is 0.209. The third-order valence-corrected chi connectivity index (χ3v) is 7.99. The first-order chi connectivity index (χ1) is 21.2. The number of carbonyl (C=O) groups is 2. The molecule has 0 atom stereocenters. The highest BCUT2D eigenvalue weighted by Crippen LogP contribution is 2.29. The third-order valence-electron chi connectivity index (χ3n) is 7.99. The van der Waals surface area contributed by atoms with Crippen LogP contribution >= 0.6 is 0 Å². The number of carbonyl (C=O) groups excluding carboxylic acids is 2. The molecule has 2 amide bonds. The molecule has 4 heterocycles. The predicted octanol–water partition coefficient (Wildman–Crippen LogP) is 3.00. The summed E-state index contributed by atoms with van der Waals surface area (Å²) in [7, 11) is 2.02. The lowest BCUT2D eigenvalue weighted by Gasteiger charge is -2.34. The summed E-state index contributed by atoms with van der Waals surface area (Å²) in [5, 5.41) is 30.3. The number of nitro groups is 1. The molecule has 0 radical (unpaired) electrons. The molecule has 0 aliphatic carbocycles. The van der Waals surface area contributed by atoms with Crippen LogP contribution in [0.5, 0.6) is 0 Å². The van der Waals surface area contributed by atoms with E-state index in [0.717, 1.165) is 57.7 Å². The van der Waals surface area contributed by atoms with Gasteiger partial charge in [0, 0.05) is 55.4 Å². The second-order valence-electron chi connectivity index (χ2n) is 11.1. The summed E-state index contributed by atoms with van der Waals surface area (Å²) in [4.78, 5) is 49.4. The van der Waals surface area contributed by atoms with Gasteiger partial charge in [0.1, 0.15) is 23.3 Å². The molecular formula is C30H34N10O4. The molecule has 14 heteroatoms. The molecule has 2 fully saturated rings. The Hall–Kier alpha value is -5.29. The first-order valence-corrected chi connectivity index (χ1v) is 14.4. The maximum absolute atomic E-state index is 12.9. The first kappa shape index (κ1) is 30.2. The summed E-state index contributed by atoms with van der Waals surface area (Å²) in [6.45, 7) is 3.15. The van der Waals surface area contributed by atoms with Crippen LogP contribution in [-0.4, -0.2) is 76.9 Å². The number of nitrogens with one attached hydrogen (secondary N) is 3. The van der Waals surface area contributed by atoms with Gasteiger partial charge in [-0.2, -0.15) is 5.26 Å². The molecule has 2 aliphatic rings. The largest absolute Gasteiger partial charge is 0.381 e. The Bertz CT molecular complexity index is 1570. The van der Waals surface area contributed by atoms with Crippen molar-refractivity contribution in [2.45, 2.75) is 37.8 Å². The summed E-state index contributed by atoms with van der Waals surface area (Å²) in [6.07, 6.45) is 6.01. The second-order valence-corrected chi connectivity index (χ2v) is 11.1. The topological polar surface area (TPSA) is 195 Å². The lowest BCUT2D eigenvalue weighted by molar-refractivity contribution is -0.385. The Kier molecular flexibility index (Phi) is 9.15. The van der Waals surface area contributed by atoms with Crippen molar-refractivity contribution in [3.63, 3.8) is 0 Å². The lowest BCUT2D eigenvalue weighted by atomic mass is 10.0. The molecule has 44 heavy (non-hydrogen) atoms. The average Bonchev–Trinajstić information content (AvgIpc) is 3.02.